The van der Waals surface area contributed by atoms with Crippen molar-refractivity contribution in [3.63, 3.8) is 0 Å². The predicted molar refractivity (Wildman–Crippen MR) is 69.5 cm³/mol. The Balaban J connectivity index is 2.89. The zero-order valence-corrected chi connectivity index (χ0v) is 10.8. The number of nitrogens with two attached hydrogens (primary N) is 1. The highest BCUT2D eigenvalue weighted by Gasteiger charge is 2.30. The second-order valence-electron chi connectivity index (χ2n) is 3.57. The lowest BCUT2D eigenvalue weighted by atomic mass is 10.1. The molecule has 0 fully saturated rings. The number of hydrogen-bond donors (Lipinski definition) is 2. The molecule has 0 aliphatic carbocycles. The molecule has 0 saturated carbocycles. The van der Waals surface area contributed by atoms with Crippen LogP contribution in [0, 0.1) is 0 Å². The normalized spacial score (nSPS) is 12.2. The number of aromatic nitrogens is 1. The lowest BCUT2D eigenvalue weighted by Gasteiger charge is -2.16. The predicted octanol–water partition coefficient (Wildman–Crippen LogP) is 1.31. The molecule has 0 aliphatic rings. The summed E-state index contributed by atoms with van der Waals surface area (Å²) < 4.78 is 0. The molecule has 8 heteroatoms. The first kappa shape index (κ1) is 13.5. The maximum absolute atomic E-state index is 10.8. The quantitative estimate of drug-likeness (QED) is 0.477. The number of carboxylic acids is 1. The molecule has 1 heterocycles. The topological polar surface area (TPSA) is 97.8 Å². The maximum atomic E-state index is 10.8. The molecule has 0 bridgehead atoms. The van der Waals surface area contributed by atoms with Crippen molar-refractivity contribution in [1.29, 1.82) is 0 Å². The summed E-state index contributed by atoms with van der Waals surface area (Å²) in [5.74, 6) is -1.12. The Morgan fingerprint density at radius 2 is 2.41 bits per heavy atom. The molecule has 6 nitrogen and oxygen atoms in total. The molecule has 0 unspecified atom stereocenters. The lowest BCUT2D eigenvalue weighted by Crippen LogP contribution is -2.33. The molecule has 0 saturated heterocycles. The van der Waals surface area contributed by atoms with Crippen molar-refractivity contribution in [2.24, 2.45) is 5.16 Å². The molecule has 0 atom stereocenters. The molecule has 1 rings (SSSR count). The number of rotatable bonds is 5. The third-order valence-corrected chi connectivity index (χ3v) is 2.68. The Labute approximate surface area is 107 Å². The summed E-state index contributed by atoms with van der Waals surface area (Å²) in [5, 5.41) is 15.8. The van der Waals surface area contributed by atoms with Gasteiger partial charge in [-0.3, -0.25) is 0 Å². The third kappa shape index (κ3) is 3.46. The number of nitrogen functional groups attached to an aromatic ring is 1. The first-order chi connectivity index (χ1) is 7.86. The summed E-state index contributed by atoms with van der Waals surface area (Å²) in [6.07, 6.45) is 0. The van der Waals surface area contributed by atoms with Crippen LogP contribution in [0.15, 0.2) is 10.5 Å². The smallest absolute Gasteiger partial charge is 0.350 e. The Bertz CT molecular complexity index is 468. The molecular formula is C9H11N3O3S2. The standard InChI is InChI=1S/C9H11N3O3S2/c1-9(2,7(13)14)15-12-5(3-16)6-4-17-8(10)11-6/h3-4H,1-2H3,(H2,10,11)(H,13,14). The van der Waals surface area contributed by atoms with E-state index in [0.717, 1.165) is 0 Å². The van der Waals surface area contributed by atoms with E-state index in [1.165, 1.54) is 30.6 Å². The van der Waals surface area contributed by atoms with Gasteiger partial charge in [-0.05, 0) is 13.8 Å². The number of carboxylic acid groups (broad SMARTS) is 1. The Kier molecular flexibility index (Phi) is 4.13. The monoisotopic (exact) mass is 273 g/mol. The van der Waals surface area contributed by atoms with Crippen molar-refractivity contribution in [3.8, 4) is 0 Å². The first-order valence-corrected chi connectivity index (χ1v) is 5.88. The molecule has 0 amide bonds. The highest BCUT2D eigenvalue weighted by Crippen LogP contribution is 2.14. The Morgan fingerprint density at radius 3 is 2.82 bits per heavy atom. The van der Waals surface area contributed by atoms with E-state index in [9.17, 15) is 4.79 Å². The van der Waals surface area contributed by atoms with E-state index in [2.05, 4.69) is 10.1 Å². The Hall–Kier alpha value is -1.54. The number of hydrogen-bond acceptors (Lipinski definition) is 7. The van der Waals surface area contributed by atoms with Crippen LogP contribution in [0.3, 0.4) is 0 Å². The molecule has 0 aliphatic heterocycles. The van der Waals surface area contributed by atoms with Gasteiger partial charge in [0.2, 0.25) is 5.60 Å². The fraction of sp³-hybridized carbons (Fsp3) is 0.333. The third-order valence-electron chi connectivity index (χ3n) is 1.78. The highest BCUT2D eigenvalue weighted by atomic mass is 32.1. The number of anilines is 1. The van der Waals surface area contributed by atoms with E-state index in [0.29, 0.717) is 10.8 Å². The van der Waals surface area contributed by atoms with Gasteiger partial charge in [0.25, 0.3) is 0 Å². The van der Waals surface area contributed by atoms with Crippen LogP contribution in [0.4, 0.5) is 5.13 Å². The van der Waals surface area contributed by atoms with Gasteiger partial charge in [0.15, 0.2) is 5.13 Å². The molecule has 3 N–H and O–H groups in total. The van der Waals surface area contributed by atoms with Gasteiger partial charge in [-0.2, -0.15) is 0 Å². The van der Waals surface area contributed by atoms with Crippen LogP contribution in [-0.2, 0) is 9.63 Å². The maximum Gasteiger partial charge on any atom is 0.350 e. The summed E-state index contributed by atoms with van der Waals surface area (Å²) in [7, 11) is 0. The van der Waals surface area contributed by atoms with Gasteiger partial charge in [-0.25, -0.2) is 9.78 Å². The van der Waals surface area contributed by atoms with Gasteiger partial charge in [-0.1, -0.05) is 17.4 Å². The first-order valence-electron chi connectivity index (χ1n) is 4.53. The van der Waals surface area contributed by atoms with Crippen LogP contribution in [0.25, 0.3) is 0 Å². The highest BCUT2D eigenvalue weighted by molar-refractivity contribution is 7.80. The van der Waals surface area contributed by atoms with Crippen LogP contribution in [-0.4, -0.2) is 32.7 Å². The van der Waals surface area contributed by atoms with Gasteiger partial charge in [0.05, 0.1) is 0 Å². The number of thiazole rings is 1. The summed E-state index contributed by atoms with van der Waals surface area (Å²) in [5.41, 5.74) is 4.77. The van der Waals surface area contributed by atoms with Crippen LogP contribution < -0.4 is 5.73 Å². The minimum absolute atomic E-state index is 0.266. The van der Waals surface area contributed by atoms with Crippen LogP contribution in [0.1, 0.15) is 19.5 Å². The average molecular weight is 273 g/mol. The fourth-order valence-electron chi connectivity index (χ4n) is 0.736. The van der Waals surface area contributed by atoms with Crippen molar-refractivity contribution in [3.05, 3.63) is 11.1 Å². The van der Waals surface area contributed by atoms with Crippen molar-refractivity contribution >= 4 is 45.7 Å². The molecule has 92 valence electrons. The molecular weight excluding hydrogens is 262 g/mol. The lowest BCUT2D eigenvalue weighted by molar-refractivity contribution is -0.161. The van der Waals surface area contributed by atoms with Gasteiger partial charge in [0, 0.05) is 10.7 Å². The number of carbonyl (C=O) groups is 1. The van der Waals surface area contributed by atoms with Gasteiger partial charge in [0.1, 0.15) is 11.4 Å². The minimum Gasteiger partial charge on any atom is -0.478 e. The summed E-state index contributed by atoms with van der Waals surface area (Å²) in [6, 6.07) is 0. The van der Waals surface area contributed by atoms with Crippen LogP contribution >= 0.6 is 23.6 Å². The molecule has 0 radical (unpaired) electrons. The van der Waals surface area contributed by atoms with E-state index in [-0.39, 0.29) is 5.71 Å². The average Bonchev–Trinajstić information content (AvgIpc) is 2.65. The summed E-state index contributed by atoms with van der Waals surface area (Å²) in [4.78, 5) is 19.7. The molecule has 0 aromatic carbocycles. The van der Waals surface area contributed by atoms with Gasteiger partial charge in [-0.15, -0.1) is 11.3 Å². The number of aliphatic carboxylic acids is 1. The molecule has 17 heavy (non-hydrogen) atoms. The molecule has 1 aromatic rings. The Morgan fingerprint density at radius 1 is 1.76 bits per heavy atom. The van der Waals surface area contributed by atoms with Gasteiger partial charge < -0.3 is 15.7 Å². The largest absolute Gasteiger partial charge is 0.478 e. The summed E-state index contributed by atoms with van der Waals surface area (Å²) in [6.45, 7) is 2.77. The fourth-order valence-corrected chi connectivity index (χ4v) is 1.46. The van der Waals surface area contributed by atoms with Crippen molar-refractivity contribution in [2.45, 2.75) is 19.4 Å². The van der Waals surface area contributed by atoms with Crippen molar-refractivity contribution in [1.82, 2.24) is 4.98 Å². The zero-order valence-electron chi connectivity index (χ0n) is 9.21. The summed E-state index contributed by atoms with van der Waals surface area (Å²) >= 11 is 5.99. The van der Waals surface area contributed by atoms with Gasteiger partial charge >= 0.3 is 5.97 Å². The van der Waals surface area contributed by atoms with E-state index >= 15 is 0 Å². The van der Waals surface area contributed by atoms with E-state index in [4.69, 9.17) is 27.9 Å². The molecule has 0 spiro atoms. The number of oxime groups is 1. The van der Waals surface area contributed by atoms with Crippen LogP contribution in [0.5, 0.6) is 0 Å². The van der Waals surface area contributed by atoms with Crippen LogP contribution in [0.2, 0.25) is 0 Å². The number of thiocarbonyl (C=S) groups is 1. The second kappa shape index (κ2) is 5.19. The molecule has 1 aromatic heterocycles. The zero-order chi connectivity index (χ0) is 13.1. The second-order valence-corrected chi connectivity index (χ2v) is 4.70. The van der Waals surface area contributed by atoms with Crippen molar-refractivity contribution in [2.75, 3.05) is 5.73 Å². The van der Waals surface area contributed by atoms with E-state index in [1.807, 2.05) is 0 Å². The van der Waals surface area contributed by atoms with Crippen molar-refractivity contribution < 1.29 is 14.7 Å². The van der Waals surface area contributed by atoms with E-state index < -0.39 is 11.6 Å². The SMILES string of the molecule is CC(C)(ON=C(C=S)c1csc(N)n1)C(=O)O. The van der Waals surface area contributed by atoms with E-state index in [1.54, 1.807) is 5.38 Å². The number of nitrogens with zero attached hydrogens (tertiary/aromatic N) is 2. The minimum atomic E-state index is -1.43.